The molecule has 1 N–H and O–H groups in total. The first kappa shape index (κ1) is 23.4. The van der Waals surface area contributed by atoms with Crippen molar-refractivity contribution in [3.8, 4) is 0 Å². The lowest BCUT2D eigenvalue weighted by Crippen LogP contribution is -2.44. The molecule has 0 aromatic heterocycles. The average molecular weight is 453 g/mol. The van der Waals surface area contributed by atoms with Crippen LogP contribution in [0.25, 0.3) is 0 Å². The Labute approximate surface area is 187 Å². The monoisotopic (exact) mass is 453 g/mol. The third kappa shape index (κ3) is 7.78. The molecule has 0 spiro atoms. The summed E-state index contributed by atoms with van der Waals surface area (Å²) in [5, 5.41) is 2.58. The quantitative estimate of drug-likeness (QED) is 0.347. The second kappa shape index (κ2) is 12.6. The number of hydrogen-bond donors (Lipinski definition) is 1. The van der Waals surface area contributed by atoms with Gasteiger partial charge in [0.05, 0.1) is 13.2 Å². The molecule has 0 fully saturated rings. The van der Waals surface area contributed by atoms with Crippen molar-refractivity contribution in [2.45, 2.75) is 19.3 Å². The number of ether oxygens (including phenoxy) is 1. The first-order valence-corrected chi connectivity index (χ1v) is 11.2. The molecule has 166 valence electrons. The highest BCUT2D eigenvalue weighted by Crippen LogP contribution is 2.26. The van der Waals surface area contributed by atoms with Gasteiger partial charge in [0, 0.05) is 5.56 Å². The largest absolute Gasteiger partial charge is 0.459 e. The molecule has 0 bridgehead atoms. The van der Waals surface area contributed by atoms with Gasteiger partial charge in [0.15, 0.2) is 6.04 Å². The van der Waals surface area contributed by atoms with Gasteiger partial charge in [-0.25, -0.2) is 4.79 Å². The Kier molecular flexibility index (Phi) is 9.20. The summed E-state index contributed by atoms with van der Waals surface area (Å²) in [4.78, 5) is 25.1. The van der Waals surface area contributed by atoms with Gasteiger partial charge in [-0.1, -0.05) is 78.9 Å². The summed E-state index contributed by atoms with van der Waals surface area (Å²) < 4.78 is 28.0. The molecule has 3 aromatic rings. The summed E-state index contributed by atoms with van der Waals surface area (Å²) in [5.41, 5.74) is 2.02. The molecular formula is C24H24NO6P. The molecule has 0 saturated carbocycles. The maximum absolute atomic E-state index is 12.6. The van der Waals surface area contributed by atoms with Crippen LogP contribution in [-0.4, -0.2) is 24.5 Å². The van der Waals surface area contributed by atoms with Gasteiger partial charge < -0.3 is 19.1 Å². The molecule has 0 aliphatic heterocycles. The maximum atomic E-state index is 12.6. The van der Waals surface area contributed by atoms with Gasteiger partial charge >= 0.3 is 14.2 Å². The van der Waals surface area contributed by atoms with Gasteiger partial charge in [0.1, 0.15) is 6.61 Å². The molecule has 3 aromatic carbocycles. The molecule has 0 radical (unpaired) electrons. The number of amides is 1. The van der Waals surface area contributed by atoms with Crippen molar-refractivity contribution in [2.75, 3.05) is 6.61 Å². The van der Waals surface area contributed by atoms with Crippen LogP contribution in [0.2, 0.25) is 0 Å². The molecule has 32 heavy (non-hydrogen) atoms. The van der Waals surface area contributed by atoms with E-state index in [1.165, 1.54) is 0 Å². The van der Waals surface area contributed by atoms with E-state index < -0.39 is 26.2 Å². The minimum Gasteiger partial charge on any atom is -0.459 e. The van der Waals surface area contributed by atoms with Crippen molar-refractivity contribution in [3.63, 3.8) is 0 Å². The van der Waals surface area contributed by atoms with E-state index in [0.717, 1.165) is 11.1 Å². The van der Waals surface area contributed by atoms with Gasteiger partial charge in [0.25, 0.3) is 5.91 Å². The molecule has 0 aliphatic carbocycles. The highest BCUT2D eigenvalue weighted by molar-refractivity contribution is 7.33. The van der Waals surface area contributed by atoms with E-state index in [4.69, 9.17) is 13.8 Å². The predicted octanol–water partition coefficient (Wildman–Crippen LogP) is 4.15. The van der Waals surface area contributed by atoms with E-state index in [9.17, 15) is 14.2 Å². The van der Waals surface area contributed by atoms with Crippen LogP contribution in [-0.2, 0) is 36.4 Å². The Morgan fingerprint density at radius 3 is 1.88 bits per heavy atom. The second-order valence-electron chi connectivity index (χ2n) is 6.82. The third-order valence-electron chi connectivity index (χ3n) is 4.42. The molecule has 0 saturated heterocycles. The zero-order valence-corrected chi connectivity index (χ0v) is 18.3. The van der Waals surface area contributed by atoms with Crippen molar-refractivity contribution in [1.82, 2.24) is 5.32 Å². The number of esters is 1. The Morgan fingerprint density at radius 1 is 0.750 bits per heavy atom. The molecule has 2 atom stereocenters. The fraction of sp³-hybridized carbons (Fsp3) is 0.167. The average Bonchev–Trinajstić information content (AvgIpc) is 2.85. The number of carbonyl (C=O) groups is 2. The minimum atomic E-state index is -2.89. The van der Waals surface area contributed by atoms with Crippen LogP contribution in [0.1, 0.15) is 21.5 Å². The lowest BCUT2D eigenvalue weighted by molar-refractivity contribution is -0.148. The van der Waals surface area contributed by atoms with E-state index >= 15 is 0 Å². The number of nitrogens with one attached hydrogen (secondary N) is 1. The van der Waals surface area contributed by atoms with E-state index in [1.807, 2.05) is 60.7 Å². The van der Waals surface area contributed by atoms with Crippen LogP contribution in [0, 0.1) is 0 Å². The standard InChI is InChI=1S/C24H24NO6P/c26-23(21-14-8-3-9-15-21)25-22(24(27)29-16-19-10-4-1-5-11-19)18-31-32(28)30-17-20-12-6-2-7-13-20/h1-15,22,32H,16-18H2,(H,25,26)/t22-/m0/s1. The smallest absolute Gasteiger partial charge is 0.331 e. The van der Waals surface area contributed by atoms with Crippen molar-refractivity contribution in [3.05, 3.63) is 108 Å². The normalized spacial score (nSPS) is 12.5. The molecule has 1 unspecified atom stereocenters. The molecule has 0 aliphatic rings. The van der Waals surface area contributed by atoms with Gasteiger partial charge in [-0.3, -0.25) is 9.36 Å². The minimum absolute atomic E-state index is 0.0388. The summed E-state index contributed by atoms with van der Waals surface area (Å²) in [5.74, 6) is -1.17. The summed E-state index contributed by atoms with van der Waals surface area (Å²) in [7, 11) is -2.89. The number of carbonyl (C=O) groups excluding carboxylic acids is 2. The molecule has 3 rings (SSSR count). The van der Waals surface area contributed by atoms with Crippen LogP contribution in [0.3, 0.4) is 0 Å². The fourth-order valence-electron chi connectivity index (χ4n) is 2.74. The second-order valence-corrected chi connectivity index (χ2v) is 7.90. The van der Waals surface area contributed by atoms with Crippen molar-refractivity contribution in [2.24, 2.45) is 0 Å². The number of benzene rings is 3. The van der Waals surface area contributed by atoms with Crippen LogP contribution < -0.4 is 5.32 Å². The van der Waals surface area contributed by atoms with E-state index in [-0.39, 0.29) is 19.8 Å². The molecular weight excluding hydrogens is 429 g/mol. The van der Waals surface area contributed by atoms with Crippen LogP contribution in [0.15, 0.2) is 91.0 Å². The lowest BCUT2D eigenvalue weighted by Gasteiger charge is -2.18. The van der Waals surface area contributed by atoms with Gasteiger partial charge in [0.2, 0.25) is 0 Å². The summed E-state index contributed by atoms with van der Waals surface area (Å²) >= 11 is 0. The third-order valence-corrected chi connectivity index (χ3v) is 5.20. The van der Waals surface area contributed by atoms with Crippen molar-refractivity contribution < 1.29 is 27.9 Å². The fourth-order valence-corrected chi connectivity index (χ4v) is 3.41. The summed E-state index contributed by atoms with van der Waals surface area (Å²) in [6, 6.07) is 25.7. The molecule has 7 nitrogen and oxygen atoms in total. The van der Waals surface area contributed by atoms with Crippen molar-refractivity contribution >= 4 is 20.1 Å². The first-order chi connectivity index (χ1) is 15.6. The van der Waals surface area contributed by atoms with Crippen LogP contribution >= 0.6 is 8.25 Å². The van der Waals surface area contributed by atoms with Crippen LogP contribution in [0.4, 0.5) is 0 Å². The SMILES string of the molecule is O=C(N[C@@H](CO[PH](=O)OCc1ccccc1)C(=O)OCc1ccccc1)c1ccccc1. The summed E-state index contributed by atoms with van der Waals surface area (Å²) in [6.07, 6.45) is 0. The van der Waals surface area contributed by atoms with Crippen LogP contribution in [0.5, 0.6) is 0 Å². The van der Waals surface area contributed by atoms with E-state index in [2.05, 4.69) is 5.32 Å². The highest BCUT2D eigenvalue weighted by atomic mass is 31.1. The predicted molar refractivity (Wildman–Crippen MR) is 120 cm³/mol. The Bertz CT molecular complexity index is 1010. The zero-order valence-electron chi connectivity index (χ0n) is 17.3. The number of rotatable bonds is 11. The Morgan fingerprint density at radius 2 is 1.28 bits per heavy atom. The molecule has 0 heterocycles. The van der Waals surface area contributed by atoms with Gasteiger partial charge in [-0.2, -0.15) is 0 Å². The summed E-state index contributed by atoms with van der Waals surface area (Å²) in [6.45, 7) is -0.200. The number of hydrogen-bond acceptors (Lipinski definition) is 6. The Balaban J connectivity index is 1.57. The molecule has 1 amide bonds. The van der Waals surface area contributed by atoms with Crippen molar-refractivity contribution in [1.29, 1.82) is 0 Å². The highest BCUT2D eigenvalue weighted by Gasteiger charge is 2.24. The Hall–Kier alpha value is -3.25. The van der Waals surface area contributed by atoms with E-state index in [0.29, 0.717) is 5.56 Å². The van der Waals surface area contributed by atoms with E-state index in [1.54, 1.807) is 30.3 Å². The maximum Gasteiger partial charge on any atom is 0.331 e. The topological polar surface area (TPSA) is 90.9 Å². The zero-order chi connectivity index (χ0) is 22.6. The van der Waals surface area contributed by atoms with Gasteiger partial charge in [-0.05, 0) is 23.3 Å². The first-order valence-electron chi connectivity index (χ1n) is 10.0. The molecule has 8 heteroatoms. The lowest BCUT2D eigenvalue weighted by atomic mass is 10.2. The van der Waals surface area contributed by atoms with Gasteiger partial charge in [-0.15, -0.1) is 0 Å².